The minimum atomic E-state index is 0.228. The average Bonchev–Trinajstić information content (AvgIpc) is 2.82. The molecule has 0 spiro atoms. The van der Waals surface area contributed by atoms with Crippen molar-refractivity contribution in [3.63, 3.8) is 0 Å². The SMILES string of the molecule is CC(C)N1CCCC(n2c(CC(C)(C)C)nc3cccnc32)C1. The van der Waals surface area contributed by atoms with Crippen molar-refractivity contribution < 1.29 is 0 Å². The van der Waals surface area contributed by atoms with Gasteiger partial charge in [0.2, 0.25) is 0 Å². The van der Waals surface area contributed by atoms with Crippen LogP contribution >= 0.6 is 0 Å². The monoisotopic (exact) mass is 314 g/mol. The number of hydrogen-bond donors (Lipinski definition) is 0. The van der Waals surface area contributed by atoms with Crippen LogP contribution in [0.5, 0.6) is 0 Å². The number of rotatable bonds is 3. The van der Waals surface area contributed by atoms with E-state index in [4.69, 9.17) is 4.98 Å². The number of imidazole rings is 1. The molecule has 23 heavy (non-hydrogen) atoms. The number of fused-ring (bicyclic) bond motifs is 1. The summed E-state index contributed by atoms with van der Waals surface area (Å²) in [4.78, 5) is 12.2. The molecule has 4 nitrogen and oxygen atoms in total. The fraction of sp³-hybridized carbons (Fsp3) is 0.684. The fourth-order valence-corrected chi connectivity index (χ4v) is 3.62. The van der Waals surface area contributed by atoms with Crippen LogP contribution in [0.15, 0.2) is 18.3 Å². The molecule has 1 atom stereocenters. The highest BCUT2D eigenvalue weighted by molar-refractivity contribution is 5.71. The molecule has 0 bridgehead atoms. The molecule has 0 aliphatic carbocycles. The lowest BCUT2D eigenvalue weighted by atomic mass is 9.91. The van der Waals surface area contributed by atoms with Crippen LogP contribution in [0, 0.1) is 5.41 Å². The summed E-state index contributed by atoms with van der Waals surface area (Å²) in [5.74, 6) is 1.20. The number of likely N-dealkylation sites (tertiary alicyclic amines) is 1. The number of hydrogen-bond acceptors (Lipinski definition) is 3. The van der Waals surface area contributed by atoms with E-state index in [1.165, 1.54) is 25.2 Å². The van der Waals surface area contributed by atoms with Crippen molar-refractivity contribution >= 4 is 11.2 Å². The van der Waals surface area contributed by atoms with Crippen LogP contribution in [0.4, 0.5) is 0 Å². The van der Waals surface area contributed by atoms with Crippen molar-refractivity contribution in [3.8, 4) is 0 Å². The largest absolute Gasteiger partial charge is 0.308 e. The summed E-state index contributed by atoms with van der Waals surface area (Å²) in [6, 6.07) is 5.17. The first kappa shape index (κ1) is 16.4. The normalized spacial score (nSPS) is 20.5. The zero-order valence-corrected chi connectivity index (χ0v) is 15.2. The van der Waals surface area contributed by atoms with E-state index >= 15 is 0 Å². The standard InChI is InChI=1S/C19H30N4/c1-14(2)22-11-7-8-15(13-22)23-17(12-19(3,4)5)21-16-9-6-10-20-18(16)23/h6,9-10,14-15H,7-8,11-13H2,1-5H3. The number of pyridine rings is 1. The van der Waals surface area contributed by atoms with E-state index in [2.05, 4.69) is 55.1 Å². The Labute approximate surface area is 139 Å². The van der Waals surface area contributed by atoms with Gasteiger partial charge in [0.05, 0.1) is 0 Å². The first-order valence-corrected chi connectivity index (χ1v) is 8.91. The van der Waals surface area contributed by atoms with Crippen molar-refractivity contribution in [1.29, 1.82) is 0 Å². The second-order valence-electron chi connectivity index (χ2n) is 8.37. The van der Waals surface area contributed by atoms with Crippen LogP contribution in [0.25, 0.3) is 11.2 Å². The van der Waals surface area contributed by atoms with Gasteiger partial charge in [0.25, 0.3) is 0 Å². The van der Waals surface area contributed by atoms with Crippen molar-refractivity contribution in [3.05, 3.63) is 24.2 Å². The maximum absolute atomic E-state index is 4.93. The molecule has 0 saturated carbocycles. The van der Waals surface area contributed by atoms with Gasteiger partial charge < -0.3 is 4.57 Å². The Morgan fingerprint density at radius 1 is 1.30 bits per heavy atom. The average molecular weight is 314 g/mol. The Morgan fingerprint density at radius 3 is 2.78 bits per heavy atom. The summed E-state index contributed by atoms with van der Waals surface area (Å²) < 4.78 is 2.44. The smallest absolute Gasteiger partial charge is 0.160 e. The lowest BCUT2D eigenvalue weighted by Gasteiger charge is -2.37. The molecule has 1 saturated heterocycles. The molecule has 0 amide bonds. The number of piperidine rings is 1. The van der Waals surface area contributed by atoms with Gasteiger partial charge in [-0.15, -0.1) is 0 Å². The van der Waals surface area contributed by atoms with E-state index in [0.717, 1.165) is 24.1 Å². The Bertz CT molecular complexity index is 666. The van der Waals surface area contributed by atoms with Crippen LogP contribution < -0.4 is 0 Å². The second-order valence-corrected chi connectivity index (χ2v) is 8.37. The highest BCUT2D eigenvalue weighted by atomic mass is 15.2. The highest BCUT2D eigenvalue weighted by Gasteiger charge is 2.28. The van der Waals surface area contributed by atoms with Crippen LogP contribution in [0.1, 0.15) is 59.3 Å². The maximum atomic E-state index is 4.93. The third kappa shape index (κ3) is 3.57. The van der Waals surface area contributed by atoms with Gasteiger partial charge in [-0.3, -0.25) is 4.90 Å². The molecule has 1 aliphatic rings. The van der Waals surface area contributed by atoms with Crippen molar-refractivity contribution in [1.82, 2.24) is 19.4 Å². The molecule has 4 heteroatoms. The highest BCUT2D eigenvalue weighted by Crippen LogP contribution is 2.30. The number of aromatic nitrogens is 3. The molecule has 0 aromatic carbocycles. The zero-order valence-electron chi connectivity index (χ0n) is 15.2. The summed E-state index contributed by atoms with van der Waals surface area (Å²) in [6.45, 7) is 13.8. The number of nitrogens with zero attached hydrogens (tertiary/aromatic N) is 4. The van der Waals surface area contributed by atoms with Gasteiger partial charge in [-0.05, 0) is 50.8 Å². The Balaban J connectivity index is 2.02. The second kappa shape index (κ2) is 6.23. The van der Waals surface area contributed by atoms with Crippen LogP contribution in [0.2, 0.25) is 0 Å². The molecule has 3 rings (SSSR count). The van der Waals surface area contributed by atoms with Gasteiger partial charge in [-0.2, -0.15) is 0 Å². The summed E-state index contributed by atoms with van der Waals surface area (Å²) >= 11 is 0. The van der Waals surface area contributed by atoms with Crippen molar-refractivity contribution in [2.24, 2.45) is 5.41 Å². The summed E-state index contributed by atoms with van der Waals surface area (Å²) in [5.41, 5.74) is 2.32. The van der Waals surface area contributed by atoms with Crippen LogP contribution in [0.3, 0.4) is 0 Å². The van der Waals surface area contributed by atoms with Crippen molar-refractivity contribution in [2.75, 3.05) is 13.1 Å². The third-order valence-electron chi connectivity index (χ3n) is 4.73. The molecule has 1 fully saturated rings. The first-order valence-electron chi connectivity index (χ1n) is 8.91. The summed E-state index contributed by atoms with van der Waals surface area (Å²) in [6.07, 6.45) is 5.36. The molecule has 2 aromatic rings. The Kier molecular flexibility index (Phi) is 4.45. The molecule has 126 valence electrons. The first-order chi connectivity index (χ1) is 10.8. The lowest BCUT2D eigenvalue weighted by Crippen LogP contribution is -2.41. The fourth-order valence-electron chi connectivity index (χ4n) is 3.62. The molecular formula is C19H30N4. The lowest BCUT2D eigenvalue weighted by molar-refractivity contribution is 0.142. The maximum Gasteiger partial charge on any atom is 0.160 e. The van der Waals surface area contributed by atoms with E-state index in [1.807, 2.05) is 12.3 Å². The van der Waals surface area contributed by atoms with Gasteiger partial charge in [0.1, 0.15) is 11.3 Å². The van der Waals surface area contributed by atoms with Crippen LogP contribution in [-0.2, 0) is 6.42 Å². The quantitative estimate of drug-likeness (QED) is 0.856. The third-order valence-corrected chi connectivity index (χ3v) is 4.73. The minimum Gasteiger partial charge on any atom is -0.308 e. The molecule has 0 radical (unpaired) electrons. The molecule has 1 unspecified atom stereocenters. The Hall–Kier alpha value is -1.42. The van der Waals surface area contributed by atoms with E-state index in [9.17, 15) is 0 Å². The summed E-state index contributed by atoms with van der Waals surface area (Å²) in [5, 5.41) is 0. The molecule has 3 heterocycles. The van der Waals surface area contributed by atoms with E-state index in [-0.39, 0.29) is 5.41 Å². The van der Waals surface area contributed by atoms with Crippen molar-refractivity contribution in [2.45, 2.75) is 66.0 Å². The molecule has 2 aromatic heterocycles. The zero-order chi connectivity index (χ0) is 16.6. The summed E-state index contributed by atoms with van der Waals surface area (Å²) in [7, 11) is 0. The van der Waals surface area contributed by atoms with Gasteiger partial charge in [0, 0.05) is 31.2 Å². The van der Waals surface area contributed by atoms with Gasteiger partial charge in [-0.1, -0.05) is 20.8 Å². The van der Waals surface area contributed by atoms with Gasteiger partial charge >= 0.3 is 0 Å². The van der Waals surface area contributed by atoms with E-state index < -0.39 is 0 Å². The molecule has 1 aliphatic heterocycles. The predicted molar refractivity (Wildman–Crippen MR) is 95.7 cm³/mol. The van der Waals surface area contributed by atoms with E-state index in [0.29, 0.717) is 12.1 Å². The predicted octanol–water partition coefficient (Wildman–Crippen LogP) is 4.07. The Morgan fingerprint density at radius 2 is 2.09 bits per heavy atom. The van der Waals surface area contributed by atoms with Crippen LogP contribution in [-0.4, -0.2) is 38.6 Å². The van der Waals surface area contributed by atoms with Gasteiger partial charge in [0.15, 0.2) is 5.65 Å². The molecular weight excluding hydrogens is 284 g/mol. The minimum absolute atomic E-state index is 0.228. The topological polar surface area (TPSA) is 34.0 Å². The molecule has 0 N–H and O–H groups in total. The van der Waals surface area contributed by atoms with Gasteiger partial charge in [-0.25, -0.2) is 9.97 Å². The van der Waals surface area contributed by atoms with E-state index in [1.54, 1.807) is 0 Å².